The number of hydrogen-bond donors (Lipinski definition) is 4. The van der Waals surface area contributed by atoms with Gasteiger partial charge in [0.1, 0.15) is 11.9 Å². The van der Waals surface area contributed by atoms with E-state index in [0.29, 0.717) is 43.7 Å². The lowest BCUT2D eigenvalue weighted by molar-refractivity contribution is -0.151. The highest BCUT2D eigenvalue weighted by molar-refractivity contribution is 6.05. The molecule has 0 saturated carbocycles. The maximum absolute atomic E-state index is 13.1. The van der Waals surface area contributed by atoms with Crippen LogP contribution in [-0.4, -0.2) is 122 Å². The Morgan fingerprint density at radius 1 is 0.774 bits per heavy atom. The van der Waals surface area contributed by atoms with Gasteiger partial charge < -0.3 is 30.1 Å². The molecule has 3 atom stereocenters. The SMILES string of the molecule is CCCCCC/C=C/C(=O)OC(CN1CCN(c2ccccn2)CC1)CN1C(=O)[C@H]2CC=CC[C@H]2C1=O.O=C(O)/C=C\C(=O)O.O=C(O)/C=C\C(=O)O. The molecule has 53 heavy (non-hydrogen) atoms. The number of imide groups is 1. The number of pyridine rings is 1. The lowest BCUT2D eigenvalue weighted by atomic mass is 9.85. The molecule has 1 aliphatic carbocycles. The summed E-state index contributed by atoms with van der Waals surface area (Å²) >= 11 is 0. The van der Waals surface area contributed by atoms with E-state index in [1.165, 1.54) is 23.8 Å². The zero-order chi connectivity index (χ0) is 39.2. The number of carbonyl (C=O) groups is 7. The predicted octanol–water partition coefficient (Wildman–Crippen LogP) is 3.02. The standard InChI is InChI=1S/C29H40N4O4.2C4H4O4/c1-2-3-4-5-6-7-15-27(34)37-23(22-33-28(35)24-12-8-9-13-25(24)29(33)36)21-31-17-19-32(20-18-31)26-14-10-11-16-30-26;2*5-3(6)1-2-4(7)8/h7-11,14-16,23-25H,2-6,12-13,17-22H2,1H3;2*1-2H,(H,5,6)(H,7,8)/b15-7+;2*2-1-/t23?,24-,25+;;. The largest absolute Gasteiger partial charge is 0.478 e. The second-order valence-electron chi connectivity index (χ2n) is 12.2. The minimum absolute atomic E-state index is 0.112. The first kappa shape index (κ1) is 43.5. The van der Waals surface area contributed by atoms with Crippen LogP contribution < -0.4 is 4.90 Å². The van der Waals surface area contributed by atoms with Crippen molar-refractivity contribution in [3.63, 3.8) is 0 Å². The molecule has 16 nitrogen and oxygen atoms in total. The summed E-state index contributed by atoms with van der Waals surface area (Å²) in [5.74, 6) is -5.31. The number of piperazine rings is 1. The Hall–Kier alpha value is -5.64. The first-order valence-electron chi connectivity index (χ1n) is 17.4. The molecule has 0 bridgehead atoms. The van der Waals surface area contributed by atoms with Crippen molar-refractivity contribution >= 4 is 47.5 Å². The third kappa shape index (κ3) is 17.0. The van der Waals surface area contributed by atoms with Crippen molar-refractivity contribution in [2.24, 2.45) is 11.8 Å². The molecule has 16 heteroatoms. The summed E-state index contributed by atoms with van der Waals surface area (Å²) in [6.07, 6.45) is 17.4. The van der Waals surface area contributed by atoms with Gasteiger partial charge in [-0.25, -0.2) is 29.0 Å². The maximum Gasteiger partial charge on any atom is 0.330 e. The number of likely N-dealkylation sites (tertiary alicyclic amines) is 1. The Kier molecular flexibility index (Phi) is 19.5. The average molecular weight is 741 g/mol. The van der Waals surface area contributed by atoms with Crippen LogP contribution in [0.3, 0.4) is 0 Å². The quantitative estimate of drug-likeness (QED) is 0.0627. The van der Waals surface area contributed by atoms with Crippen molar-refractivity contribution in [3.05, 3.63) is 73.0 Å². The van der Waals surface area contributed by atoms with E-state index in [-0.39, 0.29) is 30.2 Å². The van der Waals surface area contributed by atoms with Gasteiger partial charge in [-0.1, -0.05) is 50.5 Å². The van der Waals surface area contributed by atoms with Crippen LogP contribution in [-0.2, 0) is 38.3 Å². The van der Waals surface area contributed by atoms with Crippen molar-refractivity contribution in [1.29, 1.82) is 0 Å². The molecule has 4 N–H and O–H groups in total. The number of carboxylic acid groups (broad SMARTS) is 4. The van der Waals surface area contributed by atoms with Crippen LogP contribution >= 0.6 is 0 Å². The molecule has 1 unspecified atom stereocenters. The zero-order valence-corrected chi connectivity index (χ0v) is 29.7. The average Bonchev–Trinajstić information content (AvgIpc) is 3.37. The minimum Gasteiger partial charge on any atom is -0.478 e. The summed E-state index contributed by atoms with van der Waals surface area (Å²) in [6, 6.07) is 5.90. The number of carboxylic acids is 4. The van der Waals surface area contributed by atoms with Gasteiger partial charge in [-0.15, -0.1) is 0 Å². The summed E-state index contributed by atoms with van der Waals surface area (Å²) in [7, 11) is 0. The fourth-order valence-corrected chi connectivity index (χ4v) is 5.73. The molecule has 0 aromatic carbocycles. The van der Waals surface area contributed by atoms with Crippen LogP contribution in [0, 0.1) is 11.8 Å². The molecule has 0 spiro atoms. The van der Waals surface area contributed by atoms with E-state index in [9.17, 15) is 33.6 Å². The van der Waals surface area contributed by atoms with Gasteiger partial charge in [0.2, 0.25) is 11.8 Å². The van der Waals surface area contributed by atoms with Crippen LogP contribution in [0.25, 0.3) is 0 Å². The van der Waals surface area contributed by atoms with E-state index in [2.05, 4.69) is 21.7 Å². The number of aliphatic carboxylic acids is 4. The van der Waals surface area contributed by atoms with E-state index in [1.54, 1.807) is 6.20 Å². The Morgan fingerprint density at radius 2 is 1.32 bits per heavy atom. The van der Waals surface area contributed by atoms with Crippen LogP contribution in [0.5, 0.6) is 0 Å². The minimum atomic E-state index is -1.26. The number of esters is 1. The fraction of sp³-hybridized carbons (Fsp3) is 0.459. The van der Waals surface area contributed by atoms with Gasteiger partial charge in [0.05, 0.1) is 18.4 Å². The molecule has 2 amide bonds. The number of unbranched alkanes of at least 4 members (excludes halogenated alkanes) is 4. The lowest BCUT2D eigenvalue weighted by Gasteiger charge is -2.37. The van der Waals surface area contributed by atoms with Gasteiger partial charge in [0.25, 0.3) is 0 Å². The van der Waals surface area contributed by atoms with Crippen LogP contribution in [0.4, 0.5) is 5.82 Å². The zero-order valence-electron chi connectivity index (χ0n) is 29.7. The van der Waals surface area contributed by atoms with E-state index in [4.69, 9.17) is 25.2 Å². The molecular weight excluding hydrogens is 692 g/mol. The predicted molar refractivity (Wildman–Crippen MR) is 192 cm³/mol. The third-order valence-corrected chi connectivity index (χ3v) is 8.29. The van der Waals surface area contributed by atoms with Crippen LogP contribution in [0.2, 0.25) is 0 Å². The molecule has 3 aliphatic rings. The second kappa shape index (κ2) is 23.8. The molecule has 1 aromatic heterocycles. The molecule has 2 saturated heterocycles. The number of hydrogen-bond acceptors (Lipinski definition) is 11. The number of nitrogens with zero attached hydrogens (tertiary/aromatic N) is 4. The van der Waals surface area contributed by atoms with Crippen molar-refractivity contribution in [2.75, 3.05) is 44.2 Å². The summed E-state index contributed by atoms with van der Waals surface area (Å²) < 4.78 is 5.85. The van der Waals surface area contributed by atoms with Gasteiger partial charge in [0, 0.05) is 69.3 Å². The van der Waals surface area contributed by atoms with Gasteiger partial charge >= 0.3 is 29.8 Å². The van der Waals surface area contributed by atoms with Crippen LogP contribution in [0.15, 0.2) is 73.0 Å². The van der Waals surface area contributed by atoms with E-state index < -0.39 is 36.0 Å². The van der Waals surface area contributed by atoms with Crippen molar-refractivity contribution < 1.29 is 58.7 Å². The van der Waals surface area contributed by atoms with Crippen molar-refractivity contribution in [2.45, 2.75) is 58.0 Å². The number of allylic oxidation sites excluding steroid dienone is 3. The normalized spacial score (nSPS) is 19.0. The second-order valence-corrected chi connectivity index (χ2v) is 12.2. The number of anilines is 1. The molecule has 1 aromatic rings. The maximum atomic E-state index is 13.1. The molecule has 2 aliphatic heterocycles. The third-order valence-electron chi connectivity index (χ3n) is 8.29. The van der Waals surface area contributed by atoms with E-state index in [1.807, 2.05) is 36.4 Å². The summed E-state index contributed by atoms with van der Waals surface area (Å²) in [5, 5.41) is 31.2. The Labute approximate surface area is 307 Å². The van der Waals surface area contributed by atoms with E-state index >= 15 is 0 Å². The van der Waals surface area contributed by atoms with Gasteiger partial charge in [-0.3, -0.25) is 19.4 Å². The summed E-state index contributed by atoms with van der Waals surface area (Å²) in [6.45, 7) is 5.97. The summed E-state index contributed by atoms with van der Waals surface area (Å²) in [4.78, 5) is 87.3. The van der Waals surface area contributed by atoms with Gasteiger partial charge in [-0.05, 0) is 37.8 Å². The fourth-order valence-electron chi connectivity index (χ4n) is 5.73. The number of carbonyl (C=O) groups excluding carboxylic acids is 3. The number of aromatic nitrogens is 1. The van der Waals surface area contributed by atoms with E-state index in [0.717, 1.165) is 51.3 Å². The number of ether oxygens (including phenoxy) is 1. The Bertz CT molecular complexity index is 1420. The number of fused-ring (bicyclic) bond motifs is 1. The number of amides is 2. The highest BCUT2D eigenvalue weighted by Gasteiger charge is 2.48. The van der Waals surface area contributed by atoms with Gasteiger partial charge in [0.15, 0.2) is 0 Å². The topological polar surface area (TPSA) is 232 Å². The molecule has 3 heterocycles. The smallest absolute Gasteiger partial charge is 0.330 e. The van der Waals surface area contributed by atoms with Crippen LogP contribution in [0.1, 0.15) is 51.9 Å². The summed E-state index contributed by atoms with van der Waals surface area (Å²) in [5.41, 5.74) is 0. The molecule has 4 rings (SSSR count). The van der Waals surface area contributed by atoms with Gasteiger partial charge in [-0.2, -0.15) is 0 Å². The van der Waals surface area contributed by atoms with Crippen molar-refractivity contribution in [1.82, 2.24) is 14.8 Å². The first-order valence-corrected chi connectivity index (χ1v) is 17.4. The molecule has 288 valence electrons. The highest BCUT2D eigenvalue weighted by atomic mass is 16.5. The molecule has 0 radical (unpaired) electrons. The van der Waals surface area contributed by atoms with Crippen molar-refractivity contribution in [3.8, 4) is 0 Å². The molecule has 2 fully saturated rings. The lowest BCUT2D eigenvalue weighted by Crippen LogP contribution is -2.51. The first-order chi connectivity index (χ1) is 25.3. The number of rotatable bonds is 16. The molecular formula is C37H48N4O12. The Morgan fingerprint density at radius 3 is 1.79 bits per heavy atom. The highest BCUT2D eigenvalue weighted by Crippen LogP contribution is 2.35. The monoisotopic (exact) mass is 740 g/mol. The Balaban J connectivity index is 0.000000506.